The zero-order chi connectivity index (χ0) is 19.4. The van der Waals surface area contributed by atoms with Gasteiger partial charge in [-0.1, -0.05) is 0 Å². The minimum Gasteiger partial charge on any atom is -0.465 e. The van der Waals surface area contributed by atoms with Crippen molar-refractivity contribution in [1.82, 2.24) is 10.2 Å². The van der Waals surface area contributed by atoms with Crippen LogP contribution in [0.4, 0.5) is 4.79 Å². The van der Waals surface area contributed by atoms with Crippen LogP contribution in [0.2, 0.25) is 0 Å². The first-order chi connectivity index (χ1) is 11.4. The number of ether oxygens (including phenoxy) is 3. The lowest BCUT2D eigenvalue weighted by Gasteiger charge is -2.40. The highest BCUT2D eigenvalue weighted by molar-refractivity contribution is 5.90. The molecule has 0 aromatic heterocycles. The van der Waals surface area contributed by atoms with Crippen LogP contribution in [0.25, 0.3) is 0 Å². The summed E-state index contributed by atoms with van der Waals surface area (Å²) in [4.78, 5) is 38.7. The Balaban J connectivity index is 3.12. The Morgan fingerprint density at radius 2 is 1.56 bits per heavy atom. The molecule has 0 aromatic rings. The largest absolute Gasteiger partial charge is 0.465 e. The average Bonchev–Trinajstić information content (AvgIpc) is 2.43. The molecule has 1 rings (SSSR count). The van der Waals surface area contributed by atoms with Crippen LogP contribution in [-0.2, 0) is 23.8 Å². The monoisotopic (exact) mass is 358 g/mol. The van der Waals surface area contributed by atoms with Crippen molar-refractivity contribution in [2.75, 3.05) is 19.7 Å². The van der Waals surface area contributed by atoms with Gasteiger partial charge in [0.1, 0.15) is 17.2 Å². The molecule has 1 aliphatic heterocycles. The van der Waals surface area contributed by atoms with Crippen molar-refractivity contribution >= 4 is 18.0 Å². The van der Waals surface area contributed by atoms with E-state index in [1.807, 2.05) is 0 Å². The molecule has 0 radical (unpaired) electrons. The van der Waals surface area contributed by atoms with Crippen molar-refractivity contribution in [3.63, 3.8) is 0 Å². The summed E-state index contributed by atoms with van der Waals surface area (Å²) in [5.74, 6) is -1.28. The molecule has 1 N–H and O–H groups in total. The number of carbonyl (C=O) groups excluding carboxylic acids is 3. The van der Waals surface area contributed by atoms with Crippen LogP contribution in [0.1, 0.15) is 48.5 Å². The van der Waals surface area contributed by atoms with Gasteiger partial charge in [-0.25, -0.2) is 9.59 Å². The number of carbonyl (C=O) groups is 3. The lowest BCUT2D eigenvalue weighted by Crippen LogP contribution is -2.66. The van der Waals surface area contributed by atoms with Gasteiger partial charge in [0, 0.05) is 13.1 Å². The second-order valence-electron chi connectivity index (χ2n) is 7.84. The van der Waals surface area contributed by atoms with Gasteiger partial charge >= 0.3 is 18.0 Å². The fraction of sp³-hybridized carbons (Fsp3) is 0.824. The van der Waals surface area contributed by atoms with Gasteiger partial charge in [-0.05, 0) is 48.5 Å². The van der Waals surface area contributed by atoms with Gasteiger partial charge in [0.05, 0.1) is 6.61 Å². The number of amides is 1. The Morgan fingerprint density at radius 1 is 1.00 bits per heavy atom. The summed E-state index contributed by atoms with van der Waals surface area (Å²) in [6.07, 6.45) is -0.667. The molecule has 25 heavy (non-hydrogen) atoms. The molecule has 0 bridgehead atoms. The minimum absolute atomic E-state index is 0.171. The quantitative estimate of drug-likeness (QED) is 0.603. The average molecular weight is 358 g/mol. The fourth-order valence-electron chi connectivity index (χ4n) is 2.37. The van der Waals surface area contributed by atoms with Gasteiger partial charge in [-0.3, -0.25) is 9.69 Å². The summed E-state index contributed by atoms with van der Waals surface area (Å²) in [6.45, 7) is 12.8. The molecule has 1 amide bonds. The van der Waals surface area contributed by atoms with Crippen molar-refractivity contribution in [2.24, 2.45) is 0 Å². The number of hydrogen-bond donors (Lipinski definition) is 1. The Hall–Kier alpha value is -1.83. The first-order valence-electron chi connectivity index (χ1n) is 8.48. The molecule has 8 heteroatoms. The van der Waals surface area contributed by atoms with Crippen molar-refractivity contribution in [3.05, 3.63) is 0 Å². The Bertz CT molecular complexity index is 506. The molecule has 144 valence electrons. The van der Waals surface area contributed by atoms with Crippen molar-refractivity contribution in [3.8, 4) is 0 Å². The number of piperazine rings is 1. The third-order valence-electron chi connectivity index (χ3n) is 3.19. The number of hydrogen-bond acceptors (Lipinski definition) is 7. The molecular weight excluding hydrogens is 328 g/mol. The number of nitrogens with zero attached hydrogens (tertiary/aromatic N) is 1. The summed E-state index contributed by atoms with van der Waals surface area (Å²) < 4.78 is 15.8. The van der Waals surface area contributed by atoms with Crippen molar-refractivity contribution in [2.45, 2.75) is 71.8 Å². The van der Waals surface area contributed by atoms with Gasteiger partial charge in [0.25, 0.3) is 0 Å². The van der Waals surface area contributed by atoms with E-state index in [2.05, 4.69) is 5.32 Å². The lowest BCUT2D eigenvalue weighted by molar-refractivity contribution is -0.168. The topological polar surface area (TPSA) is 94.2 Å². The van der Waals surface area contributed by atoms with E-state index in [1.54, 1.807) is 48.5 Å². The normalized spacial score (nSPS) is 21.5. The first kappa shape index (κ1) is 21.2. The first-order valence-corrected chi connectivity index (χ1v) is 8.48. The second kappa shape index (κ2) is 8.03. The molecule has 2 unspecified atom stereocenters. The Labute approximate surface area is 149 Å². The third kappa shape index (κ3) is 6.53. The van der Waals surface area contributed by atoms with Crippen LogP contribution in [-0.4, -0.2) is 65.9 Å². The summed E-state index contributed by atoms with van der Waals surface area (Å²) in [5, 5.41) is 2.94. The standard InChI is InChI=1S/C17H30N2O6/c1-8-23-13(20)11-12(14(21)24-16(2,3)4)19(10-9-18-11)15(22)25-17(5,6)7/h11-12,18H,8-10H2,1-7H3. The Kier molecular flexibility index (Phi) is 6.82. The molecular formula is C17H30N2O6. The maximum atomic E-state index is 12.7. The summed E-state index contributed by atoms with van der Waals surface area (Å²) in [6, 6.07) is -2.15. The predicted octanol–water partition coefficient (Wildman–Crippen LogP) is 1.47. The number of rotatable bonds is 3. The summed E-state index contributed by atoms with van der Waals surface area (Å²) in [5.41, 5.74) is -1.48. The summed E-state index contributed by atoms with van der Waals surface area (Å²) >= 11 is 0. The molecule has 1 fully saturated rings. The van der Waals surface area contributed by atoms with E-state index >= 15 is 0 Å². The van der Waals surface area contributed by atoms with Gasteiger partial charge < -0.3 is 19.5 Å². The van der Waals surface area contributed by atoms with Gasteiger partial charge in [-0.2, -0.15) is 0 Å². The van der Waals surface area contributed by atoms with Crippen LogP contribution in [0.5, 0.6) is 0 Å². The van der Waals surface area contributed by atoms with Gasteiger partial charge in [-0.15, -0.1) is 0 Å². The van der Waals surface area contributed by atoms with E-state index < -0.39 is 41.3 Å². The van der Waals surface area contributed by atoms with Crippen molar-refractivity contribution < 1.29 is 28.6 Å². The summed E-state index contributed by atoms with van der Waals surface area (Å²) in [7, 11) is 0. The number of nitrogens with one attached hydrogen (secondary N) is 1. The fourth-order valence-corrected chi connectivity index (χ4v) is 2.37. The zero-order valence-electron chi connectivity index (χ0n) is 16.2. The van der Waals surface area contributed by atoms with Crippen LogP contribution < -0.4 is 5.32 Å². The van der Waals surface area contributed by atoms with E-state index in [0.29, 0.717) is 6.54 Å². The molecule has 1 aliphatic rings. The third-order valence-corrected chi connectivity index (χ3v) is 3.19. The molecule has 0 spiro atoms. The SMILES string of the molecule is CCOC(=O)C1NCCN(C(=O)OC(C)(C)C)C1C(=O)OC(C)(C)C. The highest BCUT2D eigenvalue weighted by Gasteiger charge is 2.46. The molecule has 0 aliphatic carbocycles. The minimum atomic E-state index is -1.15. The van der Waals surface area contributed by atoms with E-state index in [-0.39, 0.29) is 13.2 Å². The van der Waals surface area contributed by atoms with Gasteiger partial charge in [0.15, 0.2) is 6.04 Å². The van der Waals surface area contributed by atoms with Crippen LogP contribution in [0.3, 0.4) is 0 Å². The predicted molar refractivity (Wildman–Crippen MR) is 91.0 cm³/mol. The van der Waals surface area contributed by atoms with Crippen LogP contribution in [0, 0.1) is 0 Å². The van der Waals surface area contributed by atoms with Crippen molar-refractivity contribution in [1.29, 1.82) is 0 Å². The molecule has 0 aromatic carbocycles. The highest BCUT2D eigenvalue weighted by Crippen LogP contribution is 2.20. The van der Waals surface area contributed by atoms with Crippen LogP contribution in [0.15, 0.2) is 0 Å². The maximum Gasteiger partial charge on any atom is 0.411 e. The zero-order valence-corrected chi connectivity index (χ0v) is 16.2. The highest BCUT2D eigenvalue weighted by atomic mass is 16.6. The lowest BCUT2D eigenvalue weighted by atomic mass is 10.0. The second-order valence-corrected chi connectivity index (χ2v) is 7.84. The molecule has 8 nitrogen and oxygen atoms in total. The molecule has 2 atom stereocenters. The van der Waals surface area contributed by atoms with E-state index in [9.17, 15) is 14.4 Å². The Morgan fingerprint density at radius 3 is 2.04 bits per heavy atom. The van der Waals surface area contributed by atoms with Gasteiger partial charge in [0.2, 0.25) is 0 Å². The van der Waals surface area contributed by atoms with Crippen LogP contribution >= 0.6 is 0 Å². The smallest absolute Gasteiger partial charge is 0.411 e. The maximum absolute atomic E-state index is 12.7. The molecule has 1 heterocycles. The van der Waals surface area contributed by atoms with E-state index in [0.717, 1.165) is 0 Å². The molecule has 1 saturated heterocycles. The van der Waals surface area contributed by atoms with E-state index in [4.69, 9.17) is 14.2 Å². The van der Waals surface area contributed by atoms with E-state index in [1.165, 1.54) is 4.90 Å². The molecule has 0 saturated carbocycles. The number of esters is 2.